The number of rotatable bonds is 3. The third-order valence-electron chi connectivity index (χ3n) is 3.34. The van der Waals surface area contributed by atoms with Gasteiger partial charge in [0.25, 0.3) is 0 Å². The summed E-state index contributed by atoms with van der Waals surface area (Å²) in [7, 11) is 0. The van der Waals surface area contributed by atoms with Gasteiger partial charge in [-0.05, 0) is 25.3 Å². The molecule has 17 heavy (non-hydrogen) atoms. The van der Waals surface area contributed by atoms with Gasteiger partial charge in [0.1, 0.15) is 0 Å². The number of hydrogen-bond donors (Lipinski definition) is 1. The maximum Gasteiger partial charge on any atom is 0.160 e. The summed E-state index contributed by atoms with van der Waals surface area (Å²) in [6.07, 6.45) is 1.81. The molecule has 0 spiro atoms. The molecule has 0 aliphatic carbocycles. The highest BCUT2D eigenvalue weighted by atomic mass is 16.5. The Balaban J connectivity index is 2.20. The lowest BCUT2D eigenvalue weighted by molar-refractivity contribution is -0.0626. The first-order valence-electron chi connectivity index (χ1n) is 6.00. The average molecular weight is 234 g/mol. The van der Waals surface area contributed by atoms with Gasteiger partial charge in [-0.1, -0.05) is 24.3 Å². The van der Waals surface area contributed by atoms with E-state index < -0.39 is 5.60 Å². The summed E-state index contributed by atoms with van der Waals surface area (Å²) in [5.74, 6) is 0.0521. The number of carbonyl (C=O) groups is 1. The third kappa shape index (κ3) is 2.93. The average Bonchev–Trinajstić information content (AvgIpc) is 2.29. The van der Waals surface area contributed by atoms with Gasteiger partial charge < -0.3 is 9.84 Å². The van der Waals surface area contributed by atoms with Crippen LogP contribution in [0.1, 0.15) is 35.7 Å². The molecule has 92 valence electrons. The van der Waals surface area contributed by atoms with E-state index in [2.05, 4.69) is 0 Å². The van der Waals surface area contributed by atoms with Crippen LogP contribution in [0.3, 0.4) is 0 Å². The molecule has 3 nitrogen and oxygen atoms in total. The van der Waals surface area contributed by atoms with Crippen molar-refractivity contribution in [1.29, 1.82) is 0 Å². The minimum Gasteiger partial charge on any atom is -0.389 e. The second kappa shape index (κ2) is 4.98. The summed E-state index contributed by atoms with van der Waals surface area (Å²) < 4.78 is 5.25. The molecule has 3 heteroatoms. The van der Waals surface area contributed by atoms with Gasteiger partial charge in [-0.3, -0.25) is 4.79 Å². The summed E-state index contributed by atoms with van der Waals surface area (Å²) >= 11 is 0. The number of aliphatic hydroxyl groups is 1. The SMILES string of the molecule is CC(=O)c1ccccc1CC1(O)CCOCC1. The molecule has 1 fully saturated rings. The van der Waals surface area contributed by atoms with Crippen LogP contribution in [0.25, 0.3) is 0 Å². The van der Waals surface area contributed by atoms with Crippen molar-refractivity contribution >= 4 is 5.78 Å². The van der Waals surface area contributed by atoms with Crippen LogP contribution in [-0.2, 0) is 11.2 Å². The molecule has 0 aromatic heterocycles. The maximum atomic E-state index is 11.5. The summed E-state index contributed by atoms with van der Waals surface area (Å²) in [4.78, 5) is 11.5. The zero-order valence-corrected chi connectivity index (χ0v) is 10.1. The predicted molar refractivity (Wildman–Crippen MR) is 65.2 cm³/mol. The van der Waals surface area contributed by atoms with Crippen molar-refractivity contribution < 1.29 is 14.6 Å². The number of carbonyl (C=O) groups excluding carboxylic acids is 1. The molecule has 0 unspecified atom stereocenters. The first kappa shape index (κ1) is 12.3. The molecule has 0 radical (unpaired) electrons. The fraction of sp³-hybridized carbons (Fsp3) is 0.500. The van der Waals surface area contributed by atoms with Crippen molar-refractivity contribution in [2.45, 2.75) is 31.8 Å². The van der Waals surface area contributed by atoms with E-state index >= 15 is 0 Å². The number of hydrogen-bond acceptors (Lipinski definition) is 3. The fourth-order valence-corrected chi connectivity index (χ4v) is 2.30. The molecule has 1 N–H and O–H groups in total. The van der Waals surface area contributed by atoms with Crippen LogP contribution in [-0.4, -0.2) is 29.7 Å². The summed E-state index contributed by atoms with van der Waals surface area (Å²) in [5.41, 5.74) is 0.931. The quantitative estimate of drug-likeness (QED) is 0.813. The van der Waals surface area contributed by atoms with Crippen molar-refractivity contribution in [1.82, 2.24) is 0 Å². The molecule has 1 aliphatic heterocycles. The highest BCUT2D eigenvalue weighted by molar-refractivity contribution is 5.95. The van der Waals surface area contributed by atoms with Crippen LogP contribution >= 0.6 is 0 Å². The van der Waals surface area contributed by atoms with Gasteiger partial charge in [-0.15, -0.1) is 0 Å². The van der Waals surface area contributed by atoms with Crippen molar-refractivity contribution in [2.24, 2.45) is 0 Å². The van der Waals surface area contributed by atoms with E-state index in [1.165, 1.54) is 0 Å². The van der Waals surface area contributed by atoms with Gasteiger partial charge >= 0.3 is 0 Å². The smallest absolute Gasteiger partial charge is 0.160 e. The van der Waals surface area contributed by atoms with Crippen LogP contribution in [0.15, 0.2) is 24.3 Å². The predicted octanol–water partition coefficient (Wildman–Crippen LogP) is 1.97. The van der Waals surface area contributed by atoms with Crippen LogP contribution in [0.4, 0.5) is 0 Å². The van der Waals surface area contributed by atoms with Gasteiger partial charge in [0, 0.05) is 25.2 Å². The molecule has 1 aromatic carbocycles. The van der Waals surface area contributed by atoms with Crippen molar-refractivity contribution in [3.05, 3.63) is 35.4 Å². The molecular formula is C14H18O3. The Morgan fingerprint density at radius 2 is 2.00 bits per heavy atom. The van der Waals surface area contributed by atoms with Crippen LogP contribution in [0, 0.1) is 0 Å². The Kier molecular flexibility index (Phi) is 3.60. The maximum absolute atomic E-state index is 11.5. The van der Waals surface area contributed by atoms with E-state index in [0.717, 1.165) is 5.56 Å². The number of benzene rings is 1. The zero-order valence-electron chi connectivity index (χ0n) is 10.1. The molecule has 1 heterocycles. The largest absolute Gasteiger partial charge is 0.389 e. The van der Waals surface area contributed by atoms with E-state index in [1.807, 2.05) is 24.3 Å². The molecule has 1 saturated heterocycles. The second-order valence-electron chi connectivity index (χ2n) is 4.73. The standard InChI is InChI=1S/C14H18O3/c1-11(15)13-5-3-2-4-12(13)10-14(16)6-8-17-9-7-14/h2-5,16H,6-10H2,1H3. The molecule has 1 aliphatic rings. The second-order valence-corrected chi connectivity index (χ2v) is 4.73. The third-order valence-corrected chi connectivity index (χ3v) is 3.34. The highest BCUT2D eigenvalue weighted by Crippen LogP contribution is 2.26. The Morgan fingerprint density at radius 3 is 2.65 bits per heavy atom. The zero-order chi connectivity index (χ0) is 12.3. The Labute approximate surface area is 101 Å². The topological polar surface area (TPSA) is 46.5 Å². The minimum absolute atomic E-state index is 0.0521. The lowest BCUT2D eigenvalue weighted by Crippen LogP contribution is -2.38. The first-order valence-corrected chi connectivity index (χ1v) is 6.00. The fourth-order valence-electron chi connectivity index (χ4n) is 2.30. The Morgan fingerprint density at radius 1 is 1.35 bits per heavy atom. The summed E-state index contributed by atoms with van der Waals surface area (Å²) in [5, 5.41) is 10.4. The van der Waals surface area contributed by atoms with Crippen LogP contribution in [0.2, 0.25) is 0 Å². The van der Waals surface area contributed by atoms with Gasteiger partial charge in [-0.2, -0.15) is 0 Å². The Bertz CT molecular complexity index is 406. The van der Waals surface area contributed by atoms with Gasteiger partial charge in [-0.25, -0.2) is 0 Å². The molecule has 0 atom stereocenters. The first-order chi connectivity index (χ1) is 8.11. The molecule has 0 saturated carbocycles. The van der Waals surface area contributed by atoms with Crippen LogP contribution in [0.5, 0.6) is 0 Å². The van der Waals surface area contributed by atoms with Gasteiger partial charge in [0.05, 0.1) is 5.60 Å². The molecular weight excluding hydrogens is 216 g/mol. The number of ether oxygens (including phenoxy) is 1. The summed E-state index contributed by atoms with van der Waals surface area (Å²) in [6, 6.07) is 7.50. The number of Topliss-reactive ketones (excluding diaryl/α,β-unsaturated/α-hetero) is 1. The highest BCUT2D eigenvalue weighted by Gasteiger charge is 2.30. The van der Waals surface area contributed by atoms with E-state index in [0.29, 0.717) is 38.0 Å². The van der Waals surface area contributed by atoms with Crippen molar-refractivity contribution in [3.8, 4) is 0 Å². The normalized spacial score (nSPS) is 18.9. The van der Waals surface area contributed by atoms with Gasteiger partial charge in [0.15, 0.2) is 5.78 Å². The van der Waals surface area contributed by atoms with Gasteiger partial charge in [0.2, 0.25) is 0 Å². The monoisotopic (exact) mass is 234 g/mol. The van der Waals surface area contributed by atoms with Crippen molar-refractivity contribution in [2.75, 3.05) is 13.2 Å². The van der Waals surface area contributed by atoms with E-state index in [4.69, 9.17) is 4.74 Å². The Hall–Kier alpha value is -1.19. The molecule has 2 rings (SSSR count). The lowest BCUT2D eigenvalue weighted by Gasteiger charge is -2.32. The molecule has 0 bridgehead atoms. The summed E-state index contributed by atoms with van der Waals surface area (Å²) in [6.45, 7) is 2.75. The molecule has 1 aromatic rings. The van der Waals surface area contributed by atoms with E-state index in [1.54, 1.807) is 6.92 Å². The van der Waals surface area contributed by atoms with E-state index in [9.17, 15) is 9.90 Å². The van der Waals surface area contributed by atoms with Crippen LogP contribution < -0.4 is 0 Å². The van der Waals surface area contributed by atoms with Crippen molar-refractivity contribution in [3.63, 3.8) is 0 Å². The van der Waals surface area contributed by atoms with E-state index in [-0.39, 0.29) is 5.78 Å². The molecule has 0 amide bonds. The number of ketones is 1. The minimum atomic E-state index is -0.718. The lowest BCUT2D eigenvalue weighted by atomic mass is 9.85.